The molecular formula is C21H19N7O. The normalized spacial score (nSPS) is 13.7. The van der Waals surface area contributed by atoms with Gasteiger partial charge in [0.1, 0.15) is 17.8 Å². The topological polar surface area (TPSA) is 99.7 Å². The number of imidazole rings is 1. The molecule has 8 nitrogen and oxygen atoms in total. The SMILES string of the molecule is O=C(Nc1ccc2nc(-c3ccncn3)[nH]c2c1)c1ccc(N2CCCC2)nc1. The molecule has 1 amide bonds. The molecule has 8 heteroatoms. The van der Waals surface area contributed by atoms with Crippen molar-refractivity contribution >= 4 is 28.4 Å². The van der Waals surface area contributed by atoms with Crippen LogP contribution in [0.1, 0.15) is 23.2 Å². The molecule has 0 aliphatic carbocycles. The number of pyridine rings is 1. The number of anilines is 2. The predicted octanol–water partition coefficient (Wildman–Crippen LogP) is 3.27. The lowest BCUT2D eigenvalue weighted by atomic mass is 10.2. The molecule has 1 aliphatic rings. The molecule has 2 N–H and O–H groups in total. The van der Waals surface area contributed by atoms with Crippen LogP contribution in [-0.4, -0.2) is 43.9 Å². The van der Waals surface area contributed by atoms with Crippen molar-refractivity contribution in [2.45, 2.75) is 12.8 Å². The monoisotopic (exact) mass is 385 g/mol. The number of carbonyl (C=O) groups is 1. The van der Waals surface area contributed by atoms with E-state index in [1.807, 2.05) is 30.3 Å². The van der Waals surface area contributed by atoms with Crippen molar-refractivity contribution in [1.82, 2.24) is 24.9 Å². The van der Waals surface area contributed by atoms with Gasteiger partial charge in [-0.15, -0.1) is 0 Å². The first-order chi connectivity index (χ1) is 14.3. The van der Waals surface area contributed by atoms with Gasteiger partial charge < -0.3 is 15.2 Å². The quantitative estimate of drug-likeness (QED) is 0.559. The summed E-state index contributed by atoms with van der Waals surface area (Å²) in [6, 6.07) is 11.1. The number of hydrogen-bond donors (Lipinski definition) is 2. The van der Waals surface area contributed by atoms with E-state index in [4.69, 9.17) is 0 Å². The van der Waals surface area contributed by atoms with Crippen LogP contribution < -0.4 is 10.2 Å². The zero-order valence-electron chi connectivity index (χ0n) is 15.7. The van der Waals surface area contributed by atoms with Crippen molar-refractivity contribution in [3.8, 4) is 11.5 Å². The molecule has 1 fully saturated rings. The minimum atomic E-state index is -0.194. The average molecular weight is 385 g/mol. The molecule has 144 valence electrons. The Morgan fingerprint density at radius 3 is 2.72 bits per heavy atom. The number of rotatable bonds is 4. The second-order valence-electron chi connectivity index (χ2n) is 6.97. The molecule has 0 bridgehead atoms. The molecule has 0 spiro atoms. The van der Waals surface area contributed by atoms with Crippen LogP contribution in [0.2, 0.25) is 0 Å². The molecule has 0 radical (unpaired) electrons. The zero-order valence-corrected chi connectivity index (χ0v) is 15.7. The van der Waals surface area contributed by atoms with E-state index in [0.717, 1.165) is 29.9 Å². The Labute approximate surface area is 167 Å². The molecule has 3 aromatic heterocycles. The van der Waals surface area contributed by atoms with Gasteiger partial charge in [-0.05, 0) is 49.2 Å². The summed E-state index contributed by atoms with van der Waals surface area (Å²) in [6.07, 6.45) is 7.17. The third kappa shape index (κ3) is 3.52. The first-order valence-electron chi connectivity index (χ1n) is 9.55. The van der Waals surface area contributed by atoms with Gasteiger partial charge in [-0.1, -0.05) is 0 Å². The number of aromatic amines is 1. The van der Waals surface area contributed by atoms with Crippen LogP contribution in [0.15, 0.2) is 55.1 Å². The number of hydrogen-bond acceptors (Lipinski definition) is 6. The maximum Gasteiger partial charge on any atom is 0.257 e. The Morgan fingerprint density at radius 1 is 1.07 bits per heavy atom. The summed E-state index contributed by atoms with van der Waals surface area (Å²) in [4.78, 5) is 35.2. The molecule has 4 aromatic rings. The van der Waals surface area contributed by atoms with Crippen LogP contribution in [0.25, 0.3) is 22.6 Å². The minimum absolute atomic E-state index is 0.194. The largest absolute Gasteiger partial charge is 0.357 e. The fourth-order valence-electron chi connectivity index (χ4n) is 3.50. The standard InChI is InChI=1S/C21H19N7O/c29-21(14-3-6-19(23-12-14)28-9-1-2-10-28)25-15-4-5-16-18(11-15)27-20(26-16)17-7-8-22-13-24-17/h3-8,11-13H,1-2,9-10H2,(H,25,29)(H,26,27). The van der Waals surface area contributed by atoms with Crippen LogP contribution in [0.3, 0.4) is 0 Å². The van der Waals surface area contributed by atoms with Crippen molar-refractivity contribution in [2.75, 3.05) is 23.3 Å². The molecule has 1 aromatic carbocycles. The summed E-state index contributed by atoms with van der Waals surface area (Å²) < 4.78 is 0. The lowest BCUT2D eigenvalue weighted by Crippen LogP contribution is -2.19. The van der Waals surface area contributed by atoms with Crippen molar-refractivity contribution in [2.24, 2.45) is 0 Å². The molecule has 4 heterocycles. The molecule has 5 rings (SSSR count). The maximum absolute atomic E-state index is 12.6. The molecular weight excluding hydrogens is 366 g/mol. The van der Waals surface area contributed by atoms with Gasteiger partial charge in [-0.25, -0.2) is 19.9 Å². The first-order valence-corrected chi connectivity index (χ1v) is 9.55. The fourth-order valence-corrected chi connectivity index (χ4v) is 3.50. The molecule has 0 saturated carbocycles. The number of benzene rings is 1. The Kier molecular flexibility index (Phi) is 4.36. The average Bonchev–Trinajstić information content (AvgIpc) is 3.44. The summed E-state index contributed by atoms with van der Waals surface area (Å²) in [5.41, 5.74) is 3.54. The van der Waals surface area contributed by atoms with Gasteiger partial charge in [0.05, 0.1) is 16.6 Å². The molecule has 0 unspecified atom stereocenters. The van der Waals surface area contributed by atoms with Crippen LogP contribution in [0, 0.1) is 0 Å². The second-order valence-corrected chi connectivity index (χ2v) is 6.97. The van der Waals surface area contributed by atoms with Gasteiger partial charge in [-0.3, -0.25) is 4.79 Å². The van der Waals surface area contributed by atoms with Gasteiger partial charge in [-0.2, -0.15) is 0 Å². The van der Waals surface area contributed by atoms with Crippen LogP contribution >= 0.6 is 0 Å². The summed E-state index contributed by atoms with van der Waals surface area (Å²) in [5.74, 6) is 1.39. The maximum atomic E-state index is 12.6. The minimum Gasteiger partial charge on any atom is -0.357 e. The summed E-state index contributed by atoms with van der Waals surface area (Å²) >= 11 is 0. The second kappa shape index (κ2) is 7.31. The van der Waals surface area contributed by atoms with Crippen molar-refractivity contribution in [3.05, 3.63) is 60.7 Å². The first kappa shape index (κ1) is 17.3. The van der Waals surface area contributed by atoms with Gasteiger partial charge in [0, 0.05) is 31.2 Å². The zero-order chi connectivity index (χ0) is 19.6. The third-order valence-electron chi connectivity index (χ3n) is 5.00. The molecule has 1 aliphatic heterocycles. The Morgan fingerprint density at radius 2 is 1.97 bits per heavy atom. The highest BCUT2D eigenvalue weighted by atomic mass is 16.1. The molecule has 29 heavy (non-hydrogen) atoms. The Bertz CT molecular complexity index is 1150. The highest BCUT2D eigenvalue weighted by Gasteiger charge is 2.15. The molecule has 0 atom stereocenters. The fraction of sp³-hybridized carbons (Fsp3) is 0.190. The van der Waals surface area contributed by atoms with Gasteiger partial charge >= 0.3 is 0 Å². The van der Waals surface area contributed by atoms with Crippen molar-refractivity contribution in [1.29, 1.82) is 0 Å². The number of nitrogens with zero attached hydrogens (tertiary/aromatic N) is 5. The van der Waals surface area contributed by atoms with E-state index in [0.29, 0.717) is 22.8 Å². The van der Waals surface area contributed by atoms with Crippen LogP contribution in [0.4, 0.5) is 11.5 Å². The number of amides is 1. The lowest BCUT2D eigenvalue weighted by molar-refractivity contribution is 0.102. The molecule has 1 saturated heterocycles. The van der Waals surface area contributed by atoms with E-state index >= 15 is 0 Å². The highest BCUT2D eigenvalue weighted by molar-refractivity contribution is 6.04. The lowest BCUT2D eigenvalue weighted by Gasteiger charge is -2.16. The van der Waals surface area contributed by atoms with E-state index in [1.54, 1.807) is 18.5 Å². The van der Waals surface area contributed by atoms with E-state index < -0.39 is 0 Å². The van der Waals surface area contributed by atoms with Gasteiger partial charge in [0.2, 0.25) is 0 Å². The summed E-state index contributed by atoms with van der Waals surface area (Å²) in [6.45, 7) is 2.06. The smallest absolute Gasteiger partial charge is 0.257 e. The van der Waals surface area contributed by atoms with Crippen molar-refractivity contribution in [3.63, 3.8) is 0 Å². The summed E-state index contributed by atoms with van der Waals surface area (Å²) in [5, 5.41) is 2.92. The highest BCUT2D eigenvalue weighted by Crippen LogP contribution is 2.22. The number of nitrogens with one attached hydrogen (secondary N) is 2. The van der Waals surface area contributed by atoms with E-state index in [1.165, 1.54) is 19.2 Å². The number of aromatic nitrogens is 5. The number of H-pyrrole nitrogens is 1. The van der Waals surface area contributed by atoms with E-state index in [9.17, 15) is 4.79 Å². The van der Waals surface area contributed by atoms with Gasteiger partial charge in [0.15, 0.2) is 5.82 Å². The predicted molar refractivity (Wildman–Crippen MR) is 111 cm³/mol. The van der Waals surface area contributed by atoms with Crippen LogP contribution in [-0.2, 0) is 0 Å². The summed E-state index contributed by atoms with van der Waals surface area (Å²) in [7, 11) is 0. The van der Waals surface area contributed by atoms with E-state index in [2.05, 4.69) is 35.1 Å². The number of fused-ring (bicyclic) bond motifs is 1. The van der Waals surface area contributed by atoms with Crippen molar-refractivity contribution < 1.29 is 4.79 Å². The number of carbonyl (C=O) groups excluding carboxylic acids is 1. The van der Waals surface area contributed by atoms with E-state index in [-0.39, 0.29) is 5.91 Å². The van der Waals surface area contributed by atoms with Crippen LogP contribution in [0.5, 0.6) is 0 Å². The third-order valence-corrected chi connectivity index (χ3v) is 5.00. The Hall–Kier alpha value is -3.81. The Balaban J connectivity index is 1.33. The van der Waals surface area contributed by atoms with Gasteiger partial charge in [0.25, 0.3) is 5.91 Å².